The number of aliphatic hydroxyl groups is 2. The Bertz CT molecular complexity index is 263. The van der Waals surface area contributed by atoms with Gasteiger partial charge in [-0.2, -0.15) is 0 Å². The van der Waals surface area contributed by atoms with Gasteiger partial charge in [-0.15, -0.1) is 0 Å². The quantitative estimate of drug-likeness (QED) is 0.713. The number of ketones is 1. The standard InChI is InChI=1S/C12H20O3.C2H6O2/c1-3-4-5-10-9(6-7-11(10)13)8-12(14)15-2;3-1-2-4/h9-10H,3-8H2,1-2H3;3-4H,1-2H2/t9-,10-;/m0./s1. The summed E-state index contributed by atoms with van der Waals surface area (Å²) in [6, 6.07) is 0. The highest BCUT2D eigenvalue weighted by Gasteiger charge is 2.35. The molecule has 0 unspecified atom stereocenters. The van der Waals surface area contributed by atoms with E-state index in [1.807, 2.05) is 0 Å². The van der Waals surface area contributed by atoms with Crippen LogP contribution in [-0.4, -0.2) is 42.3 Å². The number of rotatable bonds is 6. The highest BCUT2D eigenvalue weighted by atomic mass is 16.5. The van der Waals surface area contributed by atoms with E-state index in [-0.39, 0.29) is 31.0 Å². The van der Waals surface area contributed by atoms with E-state index >= 15 is 0 Å². The molecule has 0 spiro atoms. The Morgan fingerprint density at radius 3 is 2.47 bits per heavy atom. The lowest BCUT2D eigenvalue weighted by Crippen LogP contribution is -2.18. The molecular weight excluding hydrogens is 248 g/mol. The summed E-state index contributed by atoms with van der Waals surface area (Å²) in [5, 5.41) is 15.2. The zero-order valence-electron chi connectivity index (χ0n) is 11.9. The molecule has 1 fully saturated rings. The second-order valence-corrected chi connectivity index (χ2v) is 4.74. The minimum atomic E-state index is -0.184. The van der Waals surface area contributed by atoms with Crippen molar-refractivity contribution in [2.45, 2.75) is 45.4 Å². The third kappa shape index (κ3) is 7.28. The van der Waals surface area contributed by atoms with Gasteiger partial charge in [0.2, 0.25) is 0 Å². The molecule has 5 heteroatoms. The zero-order valence-corrected chi connectivity index (χ0v) is 11.9. The number of esters is 1. The summed E-state index contributed by atoms with van der Waals surface area (Å²) in [5.74, 6) is 0.508. The van der Waals surface area contributed by atoms with Gasteiger partial charge in [0.25, 0.3) is 0 Å². The smallest absolute Gasteiger partial charge is 0.305 e. The van der Waals surface area contributed by atoms with Crippen LogP contribution < -0.4 is 0 Å². The van der Waals surface area contributed by atoms with Gasteiger partial charge in [-0.05, 0) is 18.8 Å². The fourth-order valence-electron chi connectivity index (χ4n) is 2.34. The summed E-state index contributed by atoms with van der Waals surface area (Å²) >= 11 is 0. The first kappa shape index (κ1) is 18.1. The van der Waals surface area contributed by atoms with Crippen LogP contribution >= 0.6 is 0 Å². The topological polar surface area (TPSA) is 83.8 Å². The van der Waals surface area contributed by atoms with Crippen LogP contribution in [0, 0.1) is 11.8 Å². The highest BCUT2D eigenvalue weighted by Crippen LogP contribution is 2.34. The number of unbranched alkanes of at least 4 members (excludes halogenated alkanes) is 1. The summed E-state index contributed by atoms with van der Waals surface area (Å²) in [6.07, 6.45) is 5.05. The lowest BCUT2D eigenvalue weighted by Gasteiger charge is -2.16. The van der Waals surface area contributed by atoms with Crippen LogP contribution in [0.4, 0.5) is 0 Å². The molecule has 0 heterocycles. The predicted octanol–water partition coefficient (Wildman–Crippen LogP) is 1.31. The van der Waals surface area contributed by atoms with Gasteiger partial charge in [-0.25, -0.2) is 0 Å². The van der Waals surface area contributed by atoms with Crippen molar-refractivity contribution in [1.82, 2.24) is 0 Å². The lowest BCUT2D eigenvalue weighted by molar-refractivity contribution is -0.142. The molecule has 0 radical (unpaired) electrons. The van der Waals surface area contributed by atoms with Crippen molar-refractivity contribution in [3.63, 3.8) is 0 Å². The Balaban J connectivity index is 0.000000711. The molecule has 1 rings (SSSR count). The summed E-state index contributed by atoms with van der Waals surface area (Å²) in [4.78, 5) is 22.8. The fourth-order valence-corrected chi connectivity index (χ4v) is 2.34. The number of hydrogen-bond acceptors (Lipinski definition) is 5. The molecule has 1 aliphatic carbocycles. The predicted molar refractivity (Wildman–Crippen MR) is 71.6 cm³/mol. The van der Waals surface area contributed by atoms with E-state index in [0.717, 1.165) is 25.7 Å². The van der Waals surface area contributed by atoms with Crippen LogP contribution in [0.15, 0.2) is 0 Å². The van der Waals surface area contributed by atoms with Crippen LogP contribution in [0.1, 0.15) is 45.4 Å². The molecule has 2 atom stereocenters. The molecule has 1 aliphatic rings. The Morgan fingerprint density at radius 1 is 1.37 bits per heavy atom. The number of carbonyl (C=O) groups excluding carboxylic acids is 2. The molecule has 0 aliphatic heterocycles. The normalized spacial score (nSPS) is 21.8. The molecular formula is C14H26O5. The molecule has 0 aromatic heterocycles. The van der Waals surface area contributed by atoms with Crippen molar-refractivity contribution in [3.8, 4) is 0 Å². The van der Waals surface area contributed by atoms with E-state index in [0.29, 0.717) is 18.6 Å². The maximum Gasteiger partial charge on any atom is 0.305 e. The second-order valence-electron chi connectivity index (χ2n) is 4.74. The third-order valence-corrected chi connectivity index (χ3v) is 3.37. The largest absolute Gasteiger partial charge is 0.469 e. The second kappa shape index (κ2) is 10.9. The molecule has 2 N–H and O–H groups in total. The fraction of sp³-hybridized carbons (Fsp3) is 0.857. The first-order valence-electron chi connectivity index (χ1n) is 6.91. The van der Waals surface area contributed by atoms with Gasteiger partial charge in [0.1, 0.15) is 5.78 Å². The maximum atomic E-state index is 11.6. The molecule has 0 aromatic carbocycles. The summed E-state index contributed by atoms with van der Waals surface area (Å²) < 4.78 is 4.65. The van der Waals surface area contributed by atoms with Crippen molar-refractivity contribution >= 4 is 11.8 Å². The molecule has 0 amide bonds. The molecule has 0 aromatic rings. The molecule has 5 nitrogen and oxygen atoms in total. The van der Waals surface area contributed by atoms with Gasteiger partial charge in [0, 0.05) is 18.8 Å². The zero-order chi connectivity index (χ0) is 14.7. The van der Waals surface area contributed by atoms with Gasteiger partial charge in [0.05, 0.1) is 20.3 Å². The summed E-state index contributed by atoms with van der Waals surface area (Å²) in [5.41, 5.74) is 0. The van der Waals surface area contributed by atoms with Crippen LogP contribution in [0.5, 0.6) is 0 Å². The number of aliphatic hydroxyl groups excluding tert-OH is 2. The number of ether oxygens (including phenoxy) is 1. The van der Waals surface area contributed by atoms with Crippen LogP contribution in [0.2, 0.25) is 0 Å². The van der Waals surface area contributed by atoms with Crippen LogP contribution in [0.25, 0.3) is 0 Å². The molecule has 0 saturated heterocycles. The lowest BCUT2D eigenvalue weighted by atomic mass is 9.88. The number of carbonyl (C=O) groups is 2. The van der Waals surface area contributed by atoms with Crippen molar-refractivity contribution in [2.24, 2.45) is 11.8 Å². The molecule has 0 bridgehead atoms. The van der Waals surface area contributed by atoms with E-state index in [9.17, 15) is 9.59 Å². The van der Waals surface area contributed by atoms with E-state index in [1.54, 1.807) is 0 Å². The van der Waals surface area contributed by atoms with Crippen LogP contribution in [-0.2, 0) is 14.3 Å². The Labute approximate surface area is 115 Å². The van der Waals surface area contributed by atoms with Crippen molar-refractivity contribution in [1.29, 1.82) is 0 Å². The Morgan fingerprint density at radius 2 is 2.00 bits per heavy atom. The molecule has 19 heavy (non-hydrogen) atoms. The average molecular weight is 274 g/mol. The van der Waals surface area contributed by atoms with Gasteiger partial charge in [-0.1, -0.05) is 19.8 Å². The van der Waals surface area contributed by atoms with Gasteiger partial charge < -0.3 is 14.9 Å². The molecule has 1 saturated carbocycles. The van der Waals surface area contributed by atoms with Crippen LogP contribution in [0.3, 0.4) is 0 Å². The summed E-state index contributed by atoms with van der Waals surface area (Å²) in [7, 11) is 1.40. The number of hydrogen-bond donors (Lipinski definition) is 2. The van der Waals surface area contributed by atoms with Gasteiger partial charge in [0.15, 0.2) is 0 Å². The molecule has 112 valence electrons. The average Bonchev–Trinajstić information content (AvgIpc) is 2.77. The van der Waals surface area contributed by atoms with E-state index in [4.69, 9.17) is 10.2 Å². The highest BCUT2D eigenvalue weighted by molar-refractivity contribution is 5.84. The van der Waals surface area contributed by atoms with E-state index in [2.05, 4.69) is 11.7 Å². The minimum Gasteiger partial charge on any atom is -0.469 e. The van der Waals surface area contributed by atoms with E-state index < -0.39 is 0 Å². The SMILES string of the molecule is CCCC[C@@H]1C(=O)CC[C@H]1CC(=O)OC.OCCO. The van der Waals surface area contributed by atoms with E-state index in [1.165, 1.54) is 7.11 Å². The summed E-state index contributed by atoms with van der Waals surface area (Å²) in [6.45, 7) is 1.87. The monoisotopic (exact) mass is 274 g/mol. The van der Waals surface area contributed by atoms with Crippen molar-refractivity contribution in [2.75, 3.05) is 20.3 Å². The third-order valence-electron chi connectivity index (χ3n) is 3.37. The van der Waals surface area contributed by atoms with Crippen molar-refractivity contribution < 1.29 is 24.5 Å². The number of Topliss-reactive ketones (excluding diaryl/α,β-unsaturated/α-hetero) is 1. The Kier molecular flexibility index (Phi) is 10.4. The van der Waals surface area contributed by atoms with Crippen molar-refractivity contribution in [3.05, 3.63) is 0 Å². The minimum absolute atomic E-state index is 0.115. The maximum absolute atomic E-state index is 11.6. The van der Waals surface area contributed by atoms with Gasteiger partial charge in [-0.3, -0.25) is 9.59 Å². The first-order valence-corrected chi connectivity index (χ1v) is 6.91. The first-order chi connectivity index (χ1) is 9.10. The number of methoxy groups -OCH3 is 1. The van der Waals surface area contributed by atoms with Gasteiger partial charge >= 0.3 is 5.97 Å². The Hall–Kier alpha value is -0.940.